The zero-order chi connectivity index (χ0) is 13.7. The number of aromatic nitrogens is 2. The predicted octanol–water partition coefficient (Wildman–Crippen LogP) is 2.80. The maximum absolute atomic E-state index is 5.76. The van der Waals surface area contributed by atoms with Crippen molar-refractivity contribution in [2.45, 2.75) is 26.2 Å². The summed E-state index contributed by atoms with van der Waals surface area (Å²) in [6.07, 6.45) is 6.86. The van der Waals surface area contributed by atoms with Gasteiger partial charge in [-0.3, -0.25) is 9.99 Å². The van der Waals surface area contributed by atoms with E-state index in [-0.39, 0.29) is 0 Å². The van der Waals surface area contributed by atoms with E-state index in [4.69, 9.17) is 5.84 Å². The van der Waals surface area contributed by atoms with Crippen molar-refractivity contribution in [2.75, 3.05) is 12.1 Å². The highest BCUT2D eigenvalue weighted by Gasteiger charge is 2.09. The van der Waals surface area contributed by atoms with E-state index in [0.717, 1.165) is 36.3 Å². The number of aryl methyl sites for hydroxylation is 1. The topological polar surface area (TPSA) is 55.0 Å². The van der Waals surface area contributed by atoms with Crippen LogP contribution in [0.25, 0.3) is 11.1 Å². The molecule has 0 aromatic carbocycles. The van der Waals surface area contributed by atoms with Crippen LogP contribution in [0.1, 0.15) is 25.5 Å². The van der Waals surface area contributed by atoms with Gasteiger partial charge in [0.25, 0.3) is 0 Å². The smallest absolute Gasteiger partial charge is 0.142 e. The molecule has 19 heavy (non-hydrogen) atoms. The molecule has 0 amide bonds. The maximum Gasteiger partial charge on any atom is 0.142 e. The quantitative estimate of drug-likeness (QED) is 0.660. The predicted molar refractivity (Wildman–Crippen MR) is 78.7 cm³/mol. The molecule has 0 aliphatic heterocycles. The summed E-state index contributed by atoms with van der Waals surface area (Å²) in [5.41, 5.74) is 3.42. The van der Waals surface area contributed by atoms with Crippen LogP contribution in [-0.2, 0) is 6.42 Å². The molecule has 0 unspecified atom stereocenters. The lowest BCUT2D eigenvalue weighted by Gasteiger charge is -2.15. The average molecular weight is 256 g/mol. The molecule has 2 rings (SSSR count). The largest absolute Gasteiger partial charge is 0.298 e. The fourth-order valence-electron chi connectivity index (χ4n) is 2.02. The number of nitrogens with two attached hydrogens (primary N) is 1. The average Bonchev–Trinajstić information content (AvgIpc) is 2.45. The maximum atomic E-state index is 5.76. The molecule has 4 nitrogen and oxygen atoms in total. The van der Waals surface area contributed by atoms with Gasteiger partial charge in [0.15, 0.2) is 0 Å². The second-order valence-corrected chi connectivity index (χ2v) is 4.61. The van der Waals surface area contributed by atoms with Crippen molar-refractivity contribution >= 4 is 5.82 Å². The number of hydrogen-bond donors (Lipinski definition) is 1. The van der Waals surface area contributed by atoms with Crippen molar-refractivity contribution in [2.24, 2.45) is 5.84 Å². The molecule has 2 aromatic rings. The highest BCUT2D eigenvalue weighted by Crippen LogP contribution is 2.25. The number of pyridine rings is 2. The van der Waals surface area contributed by atoms with Crippen molar-refractivity contribution in [3.8, 4) is 11.1 Å². The van der Waals surface area contributed by atoms with E-state index in [2.05, 4.69) is 23.0 Å². The first kappa shape index (κ1) is 13.5. The van der Waals surface area contributed by atoms with Gasteiger partial charge in [0.05, 0.1) is 5.69 Å². The molecule has 0 saturated heterocycles. The number of nitrogens with zero attached hydrogens (tertiary/aromatic N) is 3. The first-order valence-corrected chi connectivity index (χ1v) is 6.61. The molecule has 0 atom stereocenters. The van der Waals surface area contributed by atoms with Crippen LogP contribution < -0.4 is 10.9 Å². The second kappa shape index (κ2) is 6.29. The van der Waals surface area contributed by atoms with E-state index in [1.54, 1.807) is 12.1 Å². The van der Waals surface area contributed by atoms with Crippen LogP contribution in [0.4, 0.5) is 5.82 Å². The second-order valence-electron chi connectivity index (χ2n) is 4.61. The van der Waals surface area contributed by atoms with Crippen molar-refractivity contribution in [1.29, 1.82) is 0 Å². The van der Waals surface area contributed by atoms with E-state index < -0.39 is 0 Å². The number of hydrazine groups is 1. The summed E-state index contributed by atoms with van der Waals surface area (Å²) in [4.78, 5) is 8.73. The van der Waals surface area contributed by atoms with Crippen molar-refractivity contribution in [3.05, 3.63) is 42.4 Å². The number of hydrogen-bond acceptors (Lipinski definition) is 4. The van der Waals surface area contributed by atoms with Crippen LogP contribution in [0.5, 0.6) is 0 Å². The third-order valence-corrected chi connectivity index (χ3v) is 3.08. The zero-order valence-corrected chi connectivity index (χ0v) is 11.5. The minimum Gasteiger partial charge on any atom is -0.298 e. The highest BCUT2D eigenvalue weighted by atomic mass is 15.4. The third kappa shape index (κ3) is 3.29. The lowest BCUT2D eigenvalue weighted by Crippen LogP contribution is -2.26. The Morgan fingerprint density at radius 1 is 1.16 bits per heavy atom. The number of anilines is 1. The zero-order valence-electron chi connectivity index (χ0n) is 11.5. The Kier molecular flexibility index (Phi) is 4.47. The van der Waals surface area contributed by atoms with E-state index in [0.29, 0.717) is 0 Å². The standard InChI is InChI=1S/C15H20N4/c1-3-4-5-14-13(12-8-10-17-11-9-12)6-7-15(18-14)19(2)16/h6-11H,3-5,16H2,1-2H3. The van der Waals surface area contributed by atoms with Gasteiger partial charge in [0, 0.05) is 25.0 Å². The summed E-state index contributed by atoms with van der Waals surface area (Å²) in [5.74, 6) is 6.56. The van der Waals surface area contributed by atoms with Crippen molar-refractivity contribution < 1.29 is 0 Å². The minimum atomic E-state index is 0.795. The van der Waals surface area contributed by atoms with Gasteiger partial charge >= 0.3 is 0 Å². The van der Waals surface area contributed by atoms with Gasteiger partial charge in [-0.1, -0.05) is 13.3 Å². The molecule has 0 bridgehead atoms. The van der Waals surface area contributed by atoms with Crippen LogP contribution in [0.15, 0.2) is 36.7 Å². The summed E-state index contributed by atoms with van der Waals surface area (Å²) in [6, 6.07) is 8.06. The van der Waals surface area contributed by atoms with Crippen LogP contribution in [0.3, 0.4) is 0 Å². The highest BCUT2D eigenvalue weighted by molar-refractivity contribution is 5.67. The summed E-state index contributed by atoms with van der Waals surface area (Å²) < 4.78 is 0. The van der Waals surface area contributed by atoms with Gasteiger partial charge in [-0.2, -0.15) is 0 Å². The molecule has 0 saturated carbocycles. The Hall–Kier alpha value is -1.94. The lowest BCUT2D eigenvalue weighted by molar-refractivity contribution is 0.775. The fraction of sp³-hybridized carbons (Fsp3) is 0.333. The van der Waals surface area contributed by atoms with Crippen LogP contribution >= 0.6 is 0 Å². The molecule has 0 spiro atoms. The molecule has 0 radical (unpaired) electrons. The normalized spacial score (nSPS) is 10.5. The number of unbranched alkanes of at least 4 members (excludes halogenated alkanes) is 1. The fourth-order valence-corrected chi connectivity index (χ4v) is 2.02. The Bertz CT molecular complexity index is 523. The molecule has 2 N–H and O–H groups in total. The summed E-state index contributed by atoms with van der Waals surface area (Å²) in [5, 5.41) is 1.55. The summed E-state index contributed by atoms with van der Waals surface area (Å²) in [6.45, 7) is 2.19. The monoisotopic (exact) mass is 256 g/mol. The van der Waals surface area contributed by atoms with E-state index in [1.807, 2.05) is 30.6 Å². The van der Waals surface area contributed by atoms with Crippen LogP contribution in [0.2, 0.25) is 0 Å². The Morgan fingerprint density at radius 3 is 2.53 bits per heavy atom. The van der Waals surface area contributed by atoms with Crippen molar-refractivity contribution in [1.82, 2.24) is 9.97 Å². The van der Waals surface area contributed by atoms with Gasteiger partial charge in [0.1, 0.15) is 5.82 Å². The molecule has 0 aliphatic rings. The molecule has 0 aliphatic carbocycles. The Balaban J connectivity index is 2.41. The molecule has 100 valence electrons. The third-order valence-electron chi connectivity index (χ3n) is 3.08. The molecular weight excluding hydrogens is 236 g/mol. The van der Waals surface area contributed by atoms with Gasteiger partial charge in [-0.15, -0.1) is 0 Å². The van der Waals surface area contributed by atoms with Crippen molar-refractivity contribution in [3.63, 3.8) is 0 Å². The first-order valence-electron chi connectivity index (χ1n) is 6.61. The minimum absolute atomic E-state index is 0.795. The summed E-state index contributed by atoms with van der Waals surface area (Å²) >= 11 is 0. The van der Waals surface area contributed by atoms with E-state index in [9.17, 15) is 0 Å². The lowest BCUT2D eigenvalue weighted by atomic mass is 10.0. The SMILES string of the molecule is CCCCc1nc(N(C)N)ccc1-c1ccncc1. The Labute approximate surface area is 114 Å². The van der Waals surface area contributed by atoms with Gasteiger partial charge < -0.3 is 0 Å². The van der Waals surface area contributed by atoms with Crippen LogP contribution in [0, 0.1) is 0 Å². The Morgan fingerprint density at radius 2 is 1.89 bits per heavy atom. The number of rotatable bonds is 5. The summed E-state index contributed by atoms with van der Waals surface area (Å²) in [7, 11) is 1.80. The molecule has 2 heterocycles. The first-order chi connectivity index (χ1) is 9.22. The van der Waals surface area contributed by atoms with Gasteiger partial charge in [-0.25, -0.2) is 10.8 Å². The van der Waals surface area contributed by atoms with Crippen LogP contribution in [-0.4, -0.2) is 17.0 Å². The van der Waals surface area contributed by atoms with Gasteiger partial charge in [0.2, 0.25) is 0 Å². The molecule has 4 heteroatoms. The van der Waals surface area contributed by atoms with Gasteiger partial charge in [-0.05, 0) is 42.7 Å². The molecule has 0 fully saturated rings. The molecular formula is C15H20N4. The molecule has 2 aromatic heterocycles. The van der Waals surface area contributed by atoms with E-state index >= 15 is 0 Å². The van der Waals surface area contributed by atoms with E-state index in [1.165, 1.54) is 5.56 Å².